The van der Waals surface area contributed by atoms with Gasteiger partial charge in [0.2, 0.25) is 5.70 Å². The molecule has 0 radical (unpaired) electrons. The van der Waals surface area contributed by atoms with Gasteiger partial charge in [0.05, 0.1) is 4.92 Å². The van der Waals surface area contributed by atoms with Gasteiger partial charge in [-0.25, -0.2) is 0 Å². The van der Waals surface area contributed by atoms with Gasteiger partial charge in [-0.05, 0) is 31.5 Å². The maximum atomic E-state index is 10.5. The molecule has 0 heterocycles. The summed E-state index contributed by atoms with van der Waals surface area (Å²) in [6.45, 7) is 7.62. The second-order valence-electron chi connectivity index (χ2n) is 3.81. The lowest BCUT2D eigenvalue weighted by atomic mass is 10.1. The van der Waals surface area contributed by atoms with Crippen LogP contribution in [-0.4, -0.2) is 18.0 Å². The minimum atomic E-state index is -0.377. The third-order valence-electron chi connectivity index (χ3n) is 2.69. The highest BCUT2D eigenvalue weighted by atomic mass is 16.6. The van der Waals surface area contributed by atoms with E-state index in [1.54, 1.807) is 6.08 Å². The maximum absolute atomic E-state index is 10.5. The highest BCUT2D eigenvalue weighted by molar-refractivity contribution is 5.56. The molecular formula is C13H18N2O2. The highest BCUT2D eigenvalue weighted by Gasteiger charge is 2.03. The van der Waals surface area contributed by atoms with E-state index in [1.165, 1.54) is 6.92 Å². The average molecular weight is 234 g/mol. The molecule has 0 spiro atoms. The zero-order valence-electron chi connectivity index (χ0n) is 10.5. The number of hydrogen-bond donors (Lipinski definition) is 0. The molecular weight excluding hydrogens is 216 g/mol. The number of nitro groups is 1. The monoisotopic (exact) mass is 234 g/mol. The smallest absolute Gasteiger partial charge is 0.243 e. The fourth-order valence-electron chi connectivity index (χ4n) is 1.66. The Morgan fingerprint density at radius 3 is 2.24 bits per heavy atom. The van der Waals surface area contributed by atoms with Gasteiger partial charge in [-0.3, -0.25) is 10.1 Å². The summed E-state index contributed by atoms with van der Waals surface area (Å²) in [4.78, 5) is 12.4. The standard InChI is InChI=1S/C13H18N2O2/c1-4-14(5-2)13-8-6-12(7-9-13)10-11(3)15(16)17/h6-10H,4-5H2,1-3H3/b11-10-. The molecule has 1 aromatic rings. The zero-order valence-corrected chi connectivity index (χ0v) is 10.5. The molecule has 0 atom stereocenters. The van der Waals surface area contributed by atoms with Gasteiger partial charge >= 0.3 is 0 Å². The number of nitrogens with zero attached hydrogens (tertiary/aromatic N) is 2. The zero-order chi connectivity index (χ0) is 12.8. The van der Waals surface area contributed by atoms with E-state index in [2.05, 4.69) is 18.7 Å². The molecule has 4 heteroatoms. The van der Waals surface area contributed by atoms with Gasteiger partial charge in [0.15, 0.2) is 0 Å². The molecule has 0 saturated heterocycles. The summed E-state index contributed by atoms with van der Waals surface area (Å²) in [5.74, 6) is 0. The van der Waals surface area contributed by atoms with Crippen molar-refractivity contribution in [3.8, 4) is 0 Å². The van der Waals surface area contributed by atoms with Crippen LogP contribution in [0.3, 0.4) is 0 Å². The molecule has 0 amide bonds. The fraction of sp³-hybridized carbons (Fsp3) is 0.385. The van der Waals surface area contributed by atoms with Gasteiger partial charge in [-0.2, -0.15) is 0 Å². The molecule has 0 aromatic heterocycles. The van der Waals surface area contributed by atoms with Gasteiger partial charge in [-0.1, -0.05) is 12.1 Å². The first-order valence-electron chi connectivity index (χ1n) is 5.76. The van der Waals surface area contributed by atoms with Crippen molar-refractivity contribution in [1.29, 1.82) is 0 Å². The molecule has 1 rings (SSSR count). The second-order valence-corrected chi connectivity index (χ2v) is 3.81. The van der Waals surface area contributed by atoms with Crippen molar-refractivity contribution in [1.82, 2.24) is 0 Å². The van der Waals surface area contributed by atoms with E-state index in [1.807, 2.05) is 24.3 Å². The number of allylic oxidation sites excluding steroid dienone is 1. The SMILES string of the molecule is CCN(CC)c1ccc(/C=C(/C)[N+](=O)[O-])cc1. The topological polar surface area (TPSA) is 46.4 Å². The van der Waals surface area contributed by atoms with E-state index in [0.717, 1.165) is 24.3 Å². The first-order valence-corrected chi connectivity index (χ1v) is 5.76. The Morgan fingerprint density at radius 1 is 1.29 bits per heavy atom. The van der Waals surface area contributed by atoms with Crippen molar-refractivity contribution in [3.63, 3.8) is 0 Å². The van der Waals surface area contributed by atoms with E-state index >= 15 is 0 Å². The van der Waals surface area contributed by atoms with Crippen LogP contribution >= 0.6 is 0 Å². The van der Waals surface area contributed by atoms with Crippen molar-refractivity contribution in [2.75, 3.05) is 18.0 Å². The quantitative estimate of drug-likeness (QED) is 0.580. The van der Waals surface area contributed by atoms with Crippen molar-refractivity contribution in [2.24, 2.45) is 0 Å². The Balaban J connectivity index is 2.88. The molecule has 0 unspecified atom stereocenters. The largest absolute Gasteiger partial charge is 0.372 e. The van der Waals surface area contributed by atoms with E-state index in [-0.39, 0.29) is 10.6 Å². The lowest BCUT2D eigenvalue weighted by Gasteiger charge is -2.20. The minimum absolute atomic E-state index is 0.153. The van der Waals surface area contributed by atoms with Gasteiger partial charge < -0.3 is 4.90 Å². The van der Waals surface area contributed by atoms with E-state index in [9.17, 15) is 10.1 Å². The summed E-state index contributed by atoms with van der Waals surface area (Å²) in [7, 11) is 0. The van der Waals surface area contributed by atoms with Crippen LogP contribution in [0, 0.1) is 10.1 Å². The lowest BCUT2D eigenvalue weighted by Crippen LogP contribution is -2.21. The first kappa shape index (κ1) is 13.2. The molecule has 0 fully saturated rings. The van der Waals surface area contributed by atoms with Crippen molar-refractivity contribution in [3.05, 3.63) is 45.6 Å². The summed E-state index contributed by atoms with van der Waals surface area (Å²) in [5, 5.41) is 10.5. The number of benzene rings is 1. The third kappa shape index (κ3) is 3.59. The maximum Gasteiger partial charge on any atom is 0.243 e. The van der Waals surface area contributed by atoms with Crippen molar-refractivity contribution in [2.45, 2.75) is 20.8 Å². The summed E-state index contributed by atoms with van der Waals surface area (Å²) in [5.41, 5.74) is 2.15. The predicted molar refractivity (Wildman–Crippen MR) is 70.6 cm³/mol. The first-order chi connectivity index (χ1) is 8.08. The average Bonchev–Trinajstić information content (AvgIpc) is 2.32. The Hall–Kier alpha value is -1.84. The number of rotatable bonds is 5. The van der Waals surface area contributed by atoms with Gasteiger partial charge in [-0.15, -0.1) is 0 Å². The molecule has 0 bridgehead atoms. The predicted octanol–water partition coefficient (Wildman–Crippen LogP) is 3.17. The van der Waals surface area contributed by atoms with Crippen LogP contribution in [0.15, 0.2) is 30.0 Å². The molecule has 4 nitrogen and oxygen atoms in total. The summed E-state index contributed by atoms with van der Waals surface area (Å²) in [6, 6.07) is 7.79. The summed E-state index contributed by atoms with van der Waals surface area (Å²) < 4.78 is 0. The van der Waals surface area contributed by atoms with Crippen LogP contribution < -0.4 is 4.90 Å². The molecule has 0 saturated carbocycles. The molecule has 0 aliphatic rings. The van der Waals surface area contributed by atoms with Crippen LogP contribution in [0.25, 0.3) is 6.08 Å². The van der Waals surface area contributed by atoms with Crippen LogP contribution in [0.4, 0.5) is 5.69 Å². The van der Waals surface area contributed by atoms with Crippen molar-refractivity contribution < 1.29 is 4.92 Å². The molecule has 1 aromatic carbocycles. The van der Waals surface area contributed by atoms with Gasteiger partial charge in [0.1, 0.15) is 0 Å². The highest BCUT2D eigenvalue weighted by Crippen LogP contribution is 2.16. The normalized spacial score (nSPS) is 11.4. The molecule has 0 N–H and O–H groups in total. The Kier molecular flexibility index (Phi) is 4.69. The van der Waals surface area contributed by atoms with Crippen molar-refractivity contribution >= 4 is 11.8 Å². The molecule has 0 aliphatic heterocycles. The number of hydrogen-bond acceptors (Lipinski definition) is 3. The van der Waals surface area contributed by atoms with Crippen LogP contribution in [-0.2, 0) is 0 Å². The Morgan fingerprint density at radius 2 is 1.82 bits per heavy atom. The summed E-state index contributed by atoms with van der Waals surface area (Å²) >= 11 is 0. The van der Waals surface area contributed by atoms with Crippen LogP contribution in [0.1, 0.15) is 26.3 Å². The molecule has 17 heavy (non-hydrogen) atoms. The number of anilines is 1. The van der Waals surface area contributed by atoms with E-state index < -0.39 is 0 Å². The third-order valence-corrected chi connectivity index (χ3v) is 2.69. The Bertz CT molecular complexity index is 406. The van der Waals surface area contributed by atoms with E-state index in [4.69, 9.17) is 0 Å². The van der Waals surface area contributed by atoms with E-state index in [0.29, 0.717) is 0 Å². The second kappa shape index (κ2) is 6.03. The van der Waals surface area contributed by atoms with Gasteiger partial charge in [0, 0.05) is 31.8 Å². The Labute approximate surface area is 102 Å². The fourth-order valence-corrected chi connectivity index (χ4v) is 1.66. The molecule has 0 aliphatic carbocycles. The minimum Gasteiger partial charge on any atom is -0.372 e. The lowest BCUT2D eigenvalue weighted by molar-refractivity contribution is -0.422. The molecule has 92 valence electrons. The van der Waals surface area contributed by atoms with Crippen LogP contribution in [0.2, 0.25) is 0 Å². The van der Waals surface area contributed by atoms with Gasteiger partial charge in [0.25, 0.3) is 0 Å². The van der Waals surface area contributed by atoms with Crippen LogP contribution in [0.5, 0.6) is 0 Å². The summed E-state index contributed by atoms with van der Waals surface area (Å²) in [6.07, 6.45) is 1.58.